The standard InChI is InChI=1S/C17H20BrN/c1-13(12-15-8-4-3-5-9-15)19-14(2)16-10-6-7-11-17(16)18/h3-11,13-14,19H,12H2,1-2H3. The van der Waals surface area contributed by atoms with Crippen LogP contribution in [0.25, 0.3) is 0 Å². The van der Waals surface area contributed by atoms with Gasteiger partial charge in [0.2, 0.25) is 0 Å². The molecule has 0 aromatic heterocycles. The Kier molecular flexibility index (Phi) is 5.17. The fourth-order valence-corrected chi connectivity index (χ4v) is 3.00. The van der Waals surface area contributed by atoms with Gasteiger partial charge in [-0.05, 0) is 37.5 Å². The topological polar surface area (TPSA) is 12.0 Å². The van der Waals surface area contributed by atoms with E-state index >= 15 is 0 Å². The average Bonchev–Trinajstić information content (AvgIpc) is 2.40. The predicted molar refractivity (Wildman–Crippen MR) is 85.3 cm³/mol. The number of benzene rings is 2. The molecule has 0 amide bonds. The van der Waals surface area contributed by atoms with Gasteiger partial charge < -0.3 is 5.32 Å². The van der Waals surface area contributed by atoms with Crippen molar-refractivity contribution in [3.05, 3.63) is 70.2 Å². The van der Waals surface area contributed by atoms with E-state index in [9.17, 15) is 0 Å². The molecule has 1 N–H and O–H groups in total. The highest BCUT2D eigenvalue weighted by atomic mass is 79.9. The van der Waals surface area contributed by atoms with E-state index in [-0.39, 0.29) is 0 Å². The molecule has 1 nitrogen and oxygen atoms in total. The molecule has 2 unspecified atom stereocenters. The van der Waals surface area contributed by atoms with Crippen molar-refractivity contribution in [2.24, 2.45) is 0 Å². The van der Waals surface area contributed by atoms with Gasteiger partial charge in [0.25, 0.3) is 0 Å². The molecule has 0 bridgehead atoms. The third kappa shape index (κ3) is 4.19. The second-order valence-corrected chi connectivity index (χ2v) is 5.85. The van der Waals surface area contributed by atoms with Crippen molar-refractivity contribution >= 4 is 15.9 Å². The Labute approximate surface area is 124 Å². The van der Waals surface area contributed by atoms with Crippen LogP contribution in [0.2, 0.25) is 0 Å². The monoisotopic (exact) mass is 317 g/mol. The van der Waals surface area contributed by atoms with Gasteiger partial charge in [-0.15, -0.1) is 0 Å². The second-order valence-electron chi connectivity index (χ2n) is 5.00. The Balaban J connectivity index is 1.96. The van der Waals surface area contributed by atoms with Gasteiger partial charge in [-0.25, -0.2) is 0 Å². The van der Waals surface area contributed by atoms with Crippen molar-refractivity contribution < 1.29 is 0 Å². The lowest BCUT2D eigenvalue weighted by Crippen LogP contribution is -2.30. The van der Waals surface area contributed by atoms with Gasteiger partial charge in [0.15, 0.2) is 0 Å². The highest BCUT2D eigenvalue weighted by molar-refractivity contribution is 9.10. The first-order valence-corrected chi connectivity index (χ1v) is 7.50. The van der Waals surface area contributed by atoms with Gasteiger partial charge >= 0.3 is 0 Å². The quantitative estimate of drug-likeness (QED) is 0.840. The molecular weight excluding hydrogens is 298 g/mol. The maximum absolute atomic E-state index is 3.66. The molecule has 100 valence electrons. The van der Waals surface area contributed by atoms with Crippen molar-refractivity contribution in [3.8, 4) is 0 Å². The molecular formula is C17H20BrN. The molecule has 2 aromatic rings. The number of halogens is 1. The molecule has 0 aliphatic carbocycles. The summed E-state index contributed by atoms with van der Waals surface area (Å²) in [6.45, 7) is 4.45. The smallest absolute Gasteiger partial charge is 0.0305 e. The lowest BCUT2D eigenvalue weighted by Gasteiger charge is -2.21. The fourth-order valence-electron chi connectivity index (χ4n) is 2.37. The van der Waals surface area contributed by atoms with Crippen molar-refractivity contribution in [2.45, 2.75) is 32.4 Å². The first-order chi connectivity index (χ1) is 9.16. The van der Waals surface area contributed by atoms with Crippen LogP contribution in [0.5, 0.6) is 0 Å². The molecule has 2 heteroatoms. The Morgan fingerprint density at radius 3 is 2.26 bits per heavy atom. The number of rotatable bonds is 5. The van der Waals surface area contributed by atoms with E-state index in [0.29, 0.717) is 12.1 Å². The van der Waals surface area contributed by atoms with Gasteiger partial charge in [-0.2, -0.15) is 0 Å². The highest BCUT2D eigenvalue weighted by Crippen LogP contribution is 2.23. The van der Waals surface area contributed by atoms with Crippen LogP contribution in [0.15, 0.2) is 59.1 Å². The fraction of sp³-hybridized carbons (Fsp3) is 0.294. The zero-order valence-corrected chi connectivity index (χ0v) is 13.0. The van der Waals surface area contributed by atoms with E-state index in [0.717, 1.165) is 6.42 Å². The minimum absolute atomic E-state index is 0.342. The van der Waals surface area contributed by atoms with Crippen LogP contribution in [0, 0.1) is 0 Å². The van der Waals surface area contributed by atoms with Crippen LogP contribution in [0.1, 0.15) is 31.0 Å². The molecule has 0 aliphatic heterocycles. The van der Waals surface area contributed by atoms with Gasteiger partial charge in [0, 0.05) is 16.6 Å². The second kappa shape index (κ2) is 6.88. The minimum atomic E-state index is 0.342. The zero-order chi connectivity index (χ0) is 13.7. The Hall–Kier alpha value is -1.12. The van der Waals surface area contributed by atoms with E-state index in [1.807, 2.05) is 6.07 Å². The summed E-state index contributed by atoms with van der Waals surface area (Å²) in [7, 11) is 0. The summed E-state index contributed by atoms with van der Waals surface area (Å²) in [4.78, 5) is 0. The van der Waals surface area contributed by atoms with Gasteiger partial charge in [-0.3, -0.25) is 0 Å². The summed E-state index contributed by atoms with van der Waals surface area (Å²) < 4.78 is 1.17. The van der Waals surface area contributed by atoms with Crippen LogP contribution >= 0.6 is 15.9 Å². The Bertz CT molecular complexity index is 510. The van der Waals surface area contributed by atoms with E-state index < -0.39 is 0 Å². The lowest BCUT2D eigenvalue weighted by atomic mass is 10.0. The maximum Gasteiger partial charge on any atom is 0.0305 e. The molecule has 0 saturated carbocycles. The minimum Gasteiger partial charge on any atom is -0.307 e. The van der Waals surface area contributed by atoms with E-state index in [1.165, 1.54) is 15.6 Å². The van der Waals surface area contributed by atoms with Gasteiger partial charge in [0.1, 0.15) is 0 Å². The molecule has 0 heterocycles. The molecule has 19 heavy (non-hydrogen) atoms. The van der Waals surface area contributed by atoms with Crippen molar-refractivity contribution in [1.82, 2.24) is 5.32 Å². The molecule has 2 atom stereocenters. The van der Waals surface area contributed by atoms with Crippen molar-refractivity contribution in [2.75, 3.05) is 0 Å². The molecule has 0 fully saturated rings. The van der Waals surface area contributed by atoms with Crippen molar-refractivity contribution in [3.63, 3.8) is 0 Å². The Morgan fingerprint density at radius 1 is 0.947 bits per heavy atom. The van der Waals surface area contributed by atoms with Crippen LogP contribution < -0.4 is 5.32 Å². The average molecular weight is 318 g/mol. The largest absolute Gasteiger partial charge is 0.307 e. The molecule has 0 saturated heterocycles. The van der Waals surface area contributed by atoms with Gasteiger partial charge in [0.05, 0.1) is 0 Å². The molecule has 2 rings (SSSR count). The maximum atomic E-state index is 3.66. The summed E-state index contributed by atoms with van der Waals surface area (Å²) in [5, 5.41) is 3.66. The van der Waals surface area contributed by atoms with Crippen molar-refractivity contribution in [1.29, 1.82) is 0 Å². The van der Waals surface area contributed by atoms with Crippen LogP contribution in [-0.2, 0) is 6.42 Å². The van der Waals surface area contributed by atoms with Crippen LogP contribution in [0.4, 0.5) is 0 Å². The first-order valence-electron chi connectivity index (χ1n) is 6.71. The SMILES string of the molecule is CC(Cc1ccccc1)NC(C)c1ccccc1Br. The van der Waals surface area contributed by atoms with E-state index in [4.69, 9.17) is 0 Å². The summed E-state index contributed by atoms with van der Waals surface area (Å²) in [6, 6.07) is 19.8. The molecule has 0 aliphatic rings. The number of nitrogens with one attached hydrogen (secondary N) is 1. The zero-order valence-electron chi connectivity index (χ0n) is 11.4. The third-order valence-corrected chi connectivity index (χ3v) is 4.01. The molecule has 0 spiro atoms. The summed E-state index contributed by atoms with van der Waals surface area (Å²) in [5.74, 6) is 0. The van der Waals surface area contributed by atoms with E-state index in [1.54, 1.807) is 0 Å². The number of hydrogen-bond acceptors (Lipinski definition) is 1. The summed E-state index contributed by atoms with van der Waals surface area (Å²) in [5.41, 5.74) is 2.68. The van der Waals surface area contributed by atoms with Crippen LogP contribution in [-0.4, -0.2) is 6.04 Å². The summed E-state index contributed by atoms with van der Waals surface area (Å²) in [6.07, 6.45) is 1.05. The normalized spacial score (nSPS) is 14.1. The van der Waals surface area contributed by atoms with E-state index in [2.05, 4.69) is 83.6 Å². The number of hydrogen-bond donors (Lipinski definition) is 1. The third-order valence-electron chi connectivity index (χ3n) is 3.29. The molecule has 0 radical (unpaired) electrons. The lowest BCUT2D eigenvalue weighted by molar-refractivity contribution is 0.476. The van der Waals surface area contributed by atoms with Crippen LogP contribution in [0.3, 0.4) is 0 Å². The summed E-state index contributed by atoms with van der Waals surface area (Å²) >= 11 is 3.61. The predicted octanol–water partition coefficient (Wildman–Crippen LogP) is 4.73. The first kappa shape index (κ1) is 14.3. The molecule has 2 aromatic carbocycles. The highest BCUT2D eigenvalue weighted by Gasteiger charge is 2.11. The Morgan fingerprint density at radius 2 is 1.58 bits per heavy atom. The van der Waals surface area contributed by atoms with Gasteiger partial charge in [-0.1, -0.05) is 64.5 Å².